The van der Waals surface area contributed by atoms with Crippen molar-refractivity contribution in [3.63, 3.8) is 0 Å². The van der Waals surface area contributed by atoms with Gasteiger partial charge in [0, 0.05) is 24.0 Å². The summed E-state index contributed by atoms with van der Waals surface area (Å²) in [5.74, 6) is -0.0718. The molecule has 3 rings (SSSR count). The van der Waals surface area contributed by atoms with Gasteiger partial charge >= 0.3 is 5.97 Å². The molecule has 6 heteroatoms. The van der Waals surface area contributed by atoms with Crippen molar-refractivity contribution in [3.05, 3.63) is 54.6 Å². The molecule has 0 radical (unpaired) electrons. The quantitative estimate of drug-likeness (QED) is 0.797. The monoisotopic (exact) mass is 284 g/mol. The average molecular weight is 284 g/mol. The minimum atomic E-state index is -1.10. The third kappa shape index (κ3) is 2.38. The normalized spacial score (nSPS) is 10.5. The van der Waals surface area contributed by atoms with Crippen molar-refractivity contribution in [2.75, 3.05) is 7.11 Å². The largest absolute Gasteiger partial charge is 0.497 e. The Kier molecular flexibility index (Phi) is 3.19. The first kappa shape index (κ1) is 13.0. The first-order valence-electron chi connectivity index (χ1n) is 6.20. The number of hydrogen-bond acceptors (Lipinski definition) is 4. The van der Waals surface area contributed by atoms with Crippen LogP contribution in [0.1, 0.15) is 10.6 Å². The van der Waals surface area contributed by atoms with E-state index in [-0.39, 0.29) is 5.76 Å². The molecule has 0 fully saturated rings. The van der Waals surface area contributed by atoms with Gasteiger partial charge in [-0.1, -0.05) is 0 Å². The zero-order chi connectivity index (χ0) is 14.8. The molecule has 0 aliphatic rings. The maximum Gasteiger partial charge on any atom is 0.371 e. The fourth-order valence-corrected chi connectivity index (χ4v) is 2.05. The van der Waals surface area contributed by atoms with Crippen LogP contribution in [0.25, 0.3) is 17.0 Å². The van der Waals surface area contributed by atoms with Crippen molar-refractivity contribution in [3.8, 4) is 22.8 Å². The molecular formula is C15H12N2O4. The van der Waals surface area contributed by atoms with Gasteiger partial charge in [-0.15, -0.1) is 0 Å². The maximum atomic E-state index is 10.9. The highest BCUT2D eigenvalue weighted by molar-refractivity contribution is 5.85. The van der Waals surface area contributed by atoms with Crippen LogP contribution in [0.5, 0.6) is 5.75 Å². The van der Waals surface area contributed by atoms with Gasteiger partial charge in [0.15, 0.2) is 0 Å². The highest BCUT2D eigenvalue weighted by Crippen LogP contribution is 2.31. The second-order valence-corrected chi connectivity index (χ2v) is 4.30. The summed E-state index contributed by atoms with van der Waals surface area (Å²) in [7, 11) is 1.58. The van der Waals surface area contributed by atoms with E-state index in [4.69, 9.17) is 14.3 Å². The Labute approximate surface area is 120 Å². The standard InChI is InChI=1S/C15H12N2O4/c1-20-10-3-4-11(12(9-10)17-8-2-7-16-17)13-5-6-14(21-13)15(18)19/h2-9H,1H3,(H,18,19). The molecule has 0 atom stereocenters. The molecule has 21 heavy (non-hydrogen) atoms. The van der Waals surface area contributed by atoms with Gasteiger partial charge in [-0.05, 0) is 30.3 Å². The van der Waals surface area contributed by atoms with Crippen molar-refractivity contribution < 1.29 is 19.1 Å². The molecule has 6 nitrogen and oxygen atoms in total. The molecular weight excluding hydrogens is 272 g/mol. The van der Waals surface area contributed by atoms with E-state index >= 15 is 0 Å². The number of methoxy groups -OCH3 is 1. The number of benzene rings is 1. The first-order valence-corrected chi connectivity index (χ1v) is 6.20. The molecule has 2 heterocycles. The van der Waals surface area contributed by atoms with E-state index < -0.39 is 5.97 Å². The number of furan rings is 1. The lowest BCUT2D eigenvalue weighted by Crippen LogP contribution is -1.98. The molecule has 2 aromatic heterocycles. The van der Waals surface area contributed by atoms with Crippen LogP contribution in [0, 0.1) is 0 Å². The molecule has 0 bridgehead atoms. The van der Waals surface area contributed by atoms with E-state index in [0.29, 0.717) is 11.5 Å². The number of ether oxygens (including phenoxy) is 1. The summed E-state index contributed by atoms with van der Waals surface area (Å²) in [4.78, 5) is 10.9. The van der Waals surface area contributed by atoms with Gasteiger partial charge in [-0.25, -0.2) is 9.48 Å². The fraction of sp³-hybridized carbons (Fsp3) is 0.0667. The van der Waals surface area contributed by atoms with Crippen LogP contribution >= 0.6 is 0 Å². The number of aromatic carboxylic acids is 1. The van der Waals surface area contributed by atoms with Gasteiger partial charge in [0.2, 0.25) is 5.76 Å². The van der Waals surface area contributed by atoms with Crippen LogP contribution in [-0.4, -0.2) is 28.0 Å². The van der Waals surface area contributed by atoms with E-state index in [9.17, 15) is 4.79 Å². The van der Waals surface area contributed by atoms with Crippen LogP contribution in [0.2, 0.25) is 0 Å². The second kappa shape index (κ2) is 5.16. The van der Waals surface area contributed by atoms with Crippen LogP contribution in [0.15, 0.2) is 53.2 Å². The Morgan fingerprint density at radius 1 is 1.33 bits per heavy atom. The number of carboxylic acid groups (broad SMARTS) is 1. The number of nitrogens with zero attached hydrogens (tertiary/aromatic N) is 2. The second-order valence-electron chi connectivity index (χ2n) is 4.30. The van der Waals surface area contributed by atoms with Crippen molar-refractivity contribution in [1.29, 1.82) is 0 Å². The van der Waals surface area contributed by atoms with Crippen LogP contribution < -0.4 is 4.74 Å². The highest BCUT2D eigenvalue weighted by Gasteiger charge is 2.15. The summed E-state index contributed by atoms with van der Waals surface area (Å²) in [6, 6.07) is 10.2. The van der Waals surface area contributed by atoms with Crippen molar-refractivity contribution >= 4 is 5.97 Å². The van der Waals surface area contributed by atoms with Gasteiger partial charge < -0.3 is 14.3 Å². The molecule has 0 saturated heterocycles. The summed E-state index contributed by atoms with van der Waals surface area (Å²) in [6.45, 7) is 0. The zero-order valence-electron chi connectivity index (χ0n) is 11.2. The van der Waals surface area contributed by atoms with E-state index in [1.165, 1.54) is 6.07 Å². The van der Waals surface area contributed by atoms with Gasteiger partial charge in [-0.3, -0.25) is 0 Å². The SMILES string of the molecule is COc1ccc(-c2ccc(C(=O)O)o2)c(-n2cccn2)c1. The number of carboxylic acids is 1. The zero-order valence-corrected chi connectivity index (χ0v) is 11.2. The molecule has 106 valence electrons. The van der Waals surface area contributed by atoms with Crippen molar-refractivity contribution in [2.45, 2.75) is 0 Å². The van der Waals surface area contributed by atoms with Crippen molar-refractivity contribution in [1.82, 2.24) is 9.78 Å². The minimum Gasteiger partial charge on any atom is -0.497 e. The smallest absolute Gasteiger partial charge is 0.371 e. The minimum absolute atomic E-state index is 0.104. The molecule has 0 aliphatic heterocycles. The summed E-state index contributed by atoms with van der Waals surface area (Å²) in [5, 5.41) is 13.1. The molecule has 3 aromatic rings. The molecule has 0 spiro atoms. The third-order valence-electron chi connectivity index (χ3n) is 3.04. The first-order chi connectivity index (χ1) is 10.2. The Bertz CT molecular complexity index is 775. The number of carbonyl (C=O) groups is 1. The third-order valence-corrected chi connectivity index (χ3v) is 3.04. The number of aromatic nitrogens is 2. The lowest BCUT2D eigenvalue weighted by atomic mass is 10.1. The van der Waals surface area contributed by atoms with Crippen LogP contribution in [0.4, 0.5) is 0 Å². The van der Waals surface area contributed by atoms with Crippen LogP contribution in [-0.2, 0) is 0 Å². The lowest BCUT2D eigenvalue weighted by molar-refractivity contribution is 0.0663. The molecule has 0 amide bonds. The highest BCUT2D eigenvalue weighted by atomic mass is 16.5. The molecule has 1 aromatic carbocycles. The average Bonchev–Trinajstić information content (AvgIpc) is 3.18. The Hall–Kier alpha value is -3.02. The summed E-state index contributed by atoms with van der Waals surface area (Å²) in [5.41, 5.74) is 1.47. The molecule has 0 unspecified atom stereocenters. The lowest BCUT2D eigenvalue weighted by Gasteiger charge is -2.09. The van der Waals surface area contributed by atoms with Gasteiger partial charge in [0.05, 0.1) is 12.8 Å². The topological polar surface area (TPSA) is 77.5 Å². The van der Waals surface area contributed by atoms with E-state index in [1.54, 1.807) is 48.5 Å². The predicted octanol–water partition coefficient (Wildman–Crippen LogP) is 2.84. The van der Waals surface area contributed by atoms with Gasteiger partial charge in [-0.2, -0.15) is 5.10 Å². The van der Waals surface area contributed by atoms with Gasteiger partial charge in [0.25, 0.3) is 0 Å². The van der Waals surface area contributed by atoms with E-state index in [2.05, 4.69) is 5.10 Å². The summed E-state index contributed by atoms with van der Waals surface area (Å²) < 4.78 is 12.3. The van der Waals surface area contributed by atoms with Crippen LogP contribution in [0.3, 0.4) is 0 Å². The van der Waals surface area contributed by atoms with E-state index in [0.717, 1.165) is 11.3 Å². The van der Waals surface area contributed by atoms with Crippen molar-refractivity contribution in [2.24, 2.45) is 0 Å². The Morgan fingerprint density at radius 3 is 2.81 bits per heavy atom. The molecule has 0 saturated carbocycles. The molecule has 0 aliphatic carbocycles. The number of hydrogen-bond donors (Lipinski definition) is 1. The number of rotatable bonds is 4. The summed E-state index contributed by atoms with van der Waals surface area (Å²) >= 11 is 0. The Morgan fingerprint density at radius 2 is 2.19 bits per heavy atom. The van der Waals surface area contributed by atoms with Gasteiger partial charge in [0.1, 0.15) is 11.5 Å². The molecule has 1 N–H and O–H groups in total. The fourth-order valence-electron chi connectivity index (χ4n) is 2.05. The summed E-state index contributed by atoms with van der Waals surface area (Å²) in [6.07, 6.45) is 3.45. The van der Waals surface area contributed by atoms with E-state index in [1.807, 2.05) is 6.07 Å². The Balaban J connectivity index is 2.15. The maximum absolute atomic E-state index is 10.9. The predicted molar refractivity (Wildman–Crippen MR) is 74.8 cm³/mol.